The molecule has 3 atom stereocenters. The van der Waals surface area contributed by atoms with Gasteiger partial charge in [0, 0.05) is 11.5 Å². The van der Waals surface area contributed by atoms with Crippen LogP contribution in [-0.4, -0.2) is 31.2 Å². The van der Waals surface area contributed by atoms with Crippen LogP contribution in [0.1, 0.15) is 61.6 Å². The molecule has 1 spiro atoms. The number of hydrogen-bond donors (Lipinski definition) is 1. The third kappa shape index (κ3) is 4.46. The quantitative estimate of drug-likeness (QED) is 0.621. The molecule has 172 valence electrons. The number of ether oxygens (including phenoxy) is 3. The van der Waals surface area contributed by atoms with E-state index in [0.717, 1.165) is 50.6 Å². The molecular formula is C25H28F3NO3. The Bertz CT molecular complexity index is 932. The predicted octanol–water partition coefficient (Wildman–Crippen LogP) is 5.88. The molecule has 2 aromatic carbocycles. The van der Waals surface area contributed by atoms with Gasteiger partial charge in [-0.15, -0.1) is 13.2 Å². The summed E-state index contributed by atoms with van der Waals surface area (Å²) in [6.45, 7) is 1.36. The fraction of sp³-hybridized carbons (Fsp3) is 0.520. The smallest absolute Gasteiger partial charge is 0.490 e. The summed E-state index contributed by atoms with van der Waals surface area (Å²) >= 11 is 0. The predicted molar refractivity (Wildman–Crippen MR) is 114 cm³/mol. The number of halogens is 3. The first kappa shape index (κ1) is 21.6. The number of piperidine rings is 1. The molecule has 0 radical (unpaired) electrons. The van der Waals surface area contributed by atoms with E-state index in [1.807, 2.05) is 18.2 Å². The van der Waals surface area contributed by atoms with Crippen LogP contribution < -0.4 is 14.8 Å². The van der Waals surface area contributed by atoms with Gasteiger partial charge in [-0.3, -0.25) is 0 Å². The largest absolute Gasteiger partial charge is 0.573 e. The van der Waals surface area contributed by atoms with Crippen LogP contribution >= 0.6 is 0 Å². The van der Waals surface area contributed by atoms with Crippen LogP contribution in [0.25, 0.3) is 0 Å². The lowest BCUT2D eigenvalue weighted by Crippen LogP contribution is -2.48. The normalized spacial score (nSPS) is 28.5. The van der Waals surface area contributed by atoms with Crippen LogP contribution in [0.5, 0.6) is 11.5 Å². The van der Waals surface area contributed by atoms with Crippen molar-refractivity contribution in [3.63, 3.8) is 0 Å². The van der Waals surface area contributed by atoms with Crippen molar-refractivity contribution < 1.29 is 27.4 Å². The summed E-state index contributed by atoms with van der Waals surface area (Å²) < 4.78 is 55.4. The van der Waals surface area contributed by atoms with Crippen molar-refractivity contribution in [1.29, 1.82) is 0 Å². The second-order valence-electron chi connectivity index (χ2n) is 9.10. The highest BCUT2D eigenvalue weighted by molar-refractivity contribution is 5.44. The maximum atomic E-state index is 12.9. The number of benzene rings is 2. The summed E-state index contributed by atoms with van der Waals surface area (Å²) in [5.74, 6) is 0.374. The average molecular weight is 447 g/mol. The molecule has 1 saturated carbocycles. The monoisotopic (exact) mass is 447 g/mol. The molecule has 3 fully saturated rings. The van der Waals surface area contributed by atoms with Crippen LogP contribution in [0.15, 0.2) is 48.5 Å². The minimum atomic E-state index is -4.73. The number of rotatable bonds is 5. The molecule has 7 heteroatoms. The van der Waals surface area contributed by atoms with Crippen molar-refractivity contribution in [3.05, 3.63) is 59.7 Å². The molecule has 1 aliphatic carbocycles. The van der Waals surface area contributed by atoms with E-state index in [9.17, 15) is 13.2 Å². The molecule has 32 heavy (non-hydrogen) atoms. The van der Waals surface area contributed by atoms with Crippen LogP contribution in [0.2, 0.25) is 0 Å². The van der Waals surface area contributed by atoms with E-state index in [0.29, 0.717) is 12.4 Å². The lowest BCUT2D eigenvalue weighted by atomic mass is 9.77. The molecule has 2 heterocycles. The molecule has 0 bridgehead atoms. The first-order valence-electron chi connectivity index (χ1n) is 11.4. The summed E-state index contributed by atoms with van der Waals surface area (Å²) in [7, 11) is 0. The highest BCUT2D eigenvalue weighted by atomic mass is 19.4. The molecule has 1 N–H and O–H groups in total. The van der Waals surface area contributed by atoms with Gasteiger partial charge in [-0.05, 0) is 68.8 Å². The molecule has 3 aliphatic rings. The number of alkyl halides is 3. The van der Waals surface area contributed by atoms with E-state index in [1.165, 1.54) is 17.7 Å². The molecule has 4 nitrogen and oxygen atoms in total. The third-order valence-electron chi connectivity index (χ3n) is 6.95. The number of nitrogens with one attached hydrogen (secondary N) is 1. The highest BCUT2D eigenvalue weighted by Crippen LogP contribution is 2.50. The van der Waals surface area contributed by atoms with Gasteiger partial charge in [0.1, 0.15) is 11.5 Å². The summed E-state index contributed by atoms with van der Waals surface area (Å²) in [5, 5.41) is 3.62. The summed E-state index contributed by atoms with van der Waals surface area (Å²) in [5.41, 5.74) is 1.53. The van der Waals surface area contributed by atoms with Crippen molar-refractivity contribution in [2.75, 3.05) is 13.2 Å². The van der Waals surface area contributed by atoms with Crippen LogP contribution in [0.4, 0.5) is 13.2 Å². The fourth-order valence-corrected chi connectivity index (χ4v) is 5.23. The maximum absolute atomic E-state index is 12.9. The van der Waals surface area contributed by atoms with Crippen LogP contribution in [0, 0.1) is 0 Å². The van der Waals surface area contributed by atoms with Gasteiger partial charge in [0.25, 0.3) is 0 Å². The van der Waals surface area contributed by atoms with Crippen LogP contribution in [-0.2, 0) is 4.74 Å². The summed E-state index contributed by atoms with van der Waals surface area (Å²) in [6, 6.07) is 14.7. The van der Waals surface area contributed by atoms with Gasteiger partial charge in [-0.1, -0.05) is 30.3 Å². The maximum Gasteiger partial charge on any atom is 0.573 e. The minimum absolute atomic E-state index is 0.0491. The first-order valence-corrected chi connectivity index (χ1v) is 11.4. The average Bonchev–Trinajstić information content (AvgIpc) is 3.15. The Morgan fingerprint density at radius 3 is 2.56 bits per heavy atom. The van der Waals surface area contributed by atoms with Gasteiger partial charge >= 0.3 is 6.36 Å². The zero-order chi connectivity index (χ0) is 22.2. The van der Waals surface area contributed by atoms with E-state index < -0.39 is 6.36 Å². The van der Waals surface area contributed by atoms with Crippen molar-refractivity contribution in [1.82, 2.24) is 5.32 Å². The summed E-state index contributed by atoms with van der Waals surface area (Å²) in [4.78, 5) is 0. The standard InChI is InChI=1S/C25H28F3NO3/c26-25(27,28)32-20-10-11-22(31-19-8-4-9-19)21(14-20)18-15-24(30-16-18)12-5-13-29-23(24)17-6-2-1-3-7-17/h1-3,6-7,10-11,14,18-19,23,29H,4-5,8-9,12-13,15-16H2/t18-,23-,24+/m0/s1. The zero-order valence-corrected chi connectivity index (χ0v) is 17.9. The highest BCUT2D eigenvalue weighted by Gasteiger charge is 2.49. The number of hydrogen-bond acceptors (Lipinski definition) is 4. The molecule has 2 aromatic rings. The van der Waals surface area contributed by atoms with E-state index in [4.69, 9.17) is 9.47 Å². The zero-order valence-electron chi connectivity index (χ0n) is 17.9. The van der Waals surface area contributed by atoms with Gasteiger partial charge in [-0.2, -0.15) is 0 Å². The molecule has 2 saturated heterocycles. The lowest BCUT2D eigenvalue weighted by molar-refractivity contribution is -0.274. The van der Waals surface area contributed by atoms with Gasteiger partial charge in [0.05, 0.1) is 24.4 Å². The third-order valence-corrected chi connectivity index (χ3v) is 6.95. The summed E-state index contributed by atoms with van der Waals surface area (Å²) in [6.07, 6.45) is 1.11. The van der Waals surface area contributed by atoms with E-state index in [2.05, 4.69) is 22.2 Å². The van der Waals surface area contributed by atoms with Gasteiger partial charge in [0.15, 0.2) is 0 Å². The first-order chi connectivity index (χ1) is 15.4. The Morgan fingerprint density at radius 1 is 1.03 bits per heavy atom. The topological polar surface area (TPSA) is 39.7 Å². The van der Waals surface area contributed by atoms with Crippen molar-refractivity contribution in [2.45, 2.75) is 68.6 Å². The van der Waals surface area contributed by atoms with Gasteiger partial charge in [0.2, 0.25) is 0 Å². The second-order valence-corrected chi connectivity index (χ2v) is 9.10. The fourth-order valence-electron chi connectivity index (χ4n) is 5.23. The Kier molecular flexibility index (Phi) is 5.80. The van der Waals surface area contributed by atoms with Gasteiger partial charge < -0.3 is 19.5 Å². The second kappa shape index (κ2) is 8.60. The molecule has 2 aliphatic heterocycles. The molecule has 0 aromatic heterocycles. The Morgan fingerprint density at radius 2 is 1.84 bits per heavy atom. The van der Waals surface area contributed by atoms with Crippen LogP contribution in [0.3, 0.4) is 0 Å². The Hall–Kier alpha value is -2.25. The van der Waals surface area contributed by atoms with Crippen molar-refractivity contribution in [3.8, 4) is 11.5 Å². The van der Waals surface area contributed by atoms with Gasteiger partial charge in [-0.25, -0.2) is 0 Å². The van der Waals surface area contributed by atoms with E-state index in [1.54, 1.807) is 6.07 Å². The van der Waals surface area contributed by atoms with Crippen molar-refractivity contribution >= 4 is 0 Å². The minimum Gasteiger partial charge on any atom is -0.490 e. The van der Waals surface area contributed by atoms with E-state index >= 15 is 0 Å². The SMILES string of the molecule is FC(F)(F)Oc1ccc(OC2CCC2)c([C@@H]2CO[C@]3(CCCN[C@H]3c3ccccc3)C2)c1. The molecule has 0 amide bonds. The lowest BCUT2D eigenvalue weighted by Gasteiger charge is -2.41. The van der Waals surface area contributed by atoms with E-state index in [-0.39, 0.29) is 29.4 Å². The molecule has 0 unspecified atom stereocenters. The Labute approximate surface area is 186 Å². The molecule has 5 rings (SSSR count). The Balaban J connectivity index is 1.44. The molecular weight excluding hydrogens is 419 g/mol. The van der Waals surface area contributed by atoms with Crippen molar-refractivity contribution in [2.24, 2.45) is 0 Å².